The van der Waals surface area contributed by atoms with Crippen LogP contribution in [0.15, 0.2) is 0 Å². The van der Waals surface area contributed by atoms with Crippen LogP contribution in [0.25, 0.3) is 0 Å². The van der Waals surface area contributed by atoms with Crippen molar-refractivity contribution in [2.45, 2.75) is 58.0 Å². The molecule has 2 fully saturated rings. The molecule has 2 saturated heterocycles. The van der Waals surface area contributed by atoms with Crippen LogP contribution in [0.2, 0.25) is 0 Å². The predicted molar refractivity (Wildman–Crippen MR) is 56.8 cm³/mol. The van der Waals surface area contributed by atoms with Crippen molar-refractivity contribution in [3.8, 4) is 0 Å². The zero-order valence-corrected chi connectivity index (χ0v) is 9.29. The zero-order valence-electron chi connectivity index (χ0n) is 9.29. The van der Waals surface area contributed by atoms with Crippen LogP contribution >= 0.6 is 0 Å². The van der Waals surface area contributed by atoms with Crippen molar-refractivity contribution in [3.05, 3.63) is 0 Å². The number of nitrogens with zero attached hydrogens (tertiary/aromatic N) is 1. The summed E-state index contributed by atoms with van der Waals surface area (Å²) < 4.78 is 0. The van der Waals surface area contributed by atoms with Gasteiger partial charge in [0.15, 0.2) is 0 Å². The van der Waals surface area contributed by atoms with E-state index in [0.717, 1.165) is 23.9 Å². The molecule has 2 rings (SSSR count). The summed E-state index contributed by atoms with van der Waals surface area (Å²) in [5.41, 5.74) is 0. The molecule has 0 N–H and O–H groups in total. The van der Waals surface area contributed by atoms with Crippen LogP contribution in [0.5, 0.6) is 0 Å². The van der Waals surface area contributed by atoms with Crippen LogP contribution < -0.4 is 0 Å². The fourth-order valence-corrected chi connectivity index (χ4v) is 3.59. The minimum atomic E-state index is 0.937. The van der Waals surface area contributed by atoms with Gasteiger partial charge < -0.3 is 4.90 Å². The van der Waals surface area contributed by atoms with Gasteiger partial charge in [-0.25, -0.2) is 0 Å². The second kappa shape index (κ2) is 3.61. The molecule has 0 amide bonds. The van der Waals surface area contributed by atoms with Gasteiger partial charge in [-0.05, 0) is 38.1 Å². The number of hydrogen-bond donors (Lipinski definition) is 0. The van der Waals surface area contributed by atoms with E-state index in [-0.39, 0.29) is 0 Å². The molecule has 0 aromatic rings. The van der Waals surface area contributed by atoms with E-state index < -0.39 is 0 Å². The normalized spacial score (nSPS) is 41.3. The lowest BCUT2D eigenvalue weighted by molar-refractivity contribution is 0.235. The number of rotatable bonds is 3. The number of hydrogen-bond acceptors (Lipinski definition) is 1. The van der Waals surface area contributed by atoms with Gasteiger partial charge in [-0.2, -0.15) is 0 Å². The van der Waals surface area contributed by atoms with Gasteiger partial charge in [0.2, 0.25) is 0 Å². The number of fused-ring (bicyclic) bond motifs is 2. The smallest absolute Gasteiger partial charge is 0.0127 e. The first-order valence-electron chi connectivity index (χ1n) is 5.96. The molecule has 0 radical (unpaired) electrons. The molecule has 76 valence electrons. The molecule has 2 aliphatic heterocycles. The van der Waals surface area contributed by atoms with E-state index in [1.54, 1.807) is 0 Å². The second-order valence-corrected chi connectivity index (χ2v) is 5.13. The molecule has 4 unspecified atom stereocenters. The van der Waals surface area contributed by atoms with E-state index in [0.29, 0.717) is 0 Å². The molecule has 13 heavy (non-hydrogen) atoms. The zero-order chi connectivity index (χ0) is 9.42. The standard InChI is InChI=1S/C12H23N/c1-4-5-9(2)11-8-10-6-7-12(11)13(10)3/h9-12H,4-8H2,1-3H3. The lowest BCUT2D eigenvalue weighted by Crippen LogP contribution is -2.28. The van der Waals surface area contributed by atoms with Gasteiger partial charge >= 0.3 is 0 Å². The second-order valence-electron chi connectivity index (χ2n) is 5.13. The van der Waals surface area contributed by atoms with E-state index in [1.165, 1.54) is 32.1 Å². The van der Waals surface area contributed by atoms with Crippen molar-refractivity contribution in [2.24, 2.45) is 11.8 Å². The average Bonchev–Trinajstić information content (AvgIpc) is 2.62. The van der Waals surface area contributed by atoms with E-state index in [4.69, 9.17) is 0 Å². The Morgan fingerprint density at radius 2 is 2.15 bits per heavy atom. The summed E-state index contributed by atoms with van der Waals surface area (Å²) in [5, 5.41) is 0. The van der Waals surface area contributed by atoms with Crippen LogP contribution in [-0.2, 0) is 0 Å². The fourth-order valence-electron chi connectivity index (χ4n) is 3.59. The Morgan fingerprint density at radius 1 is 1.38 bits per heavy atom. The van der Waals surface area contributed by atoms with Gasteiger partial charge in [0.25, 0.3) is 0 Å². The van der Waals surface area contributed by atoms with E-state index >= 15 is 0 Å². The third kappa shape index (κ3) is 1.52. The molecule has 2 heterocycles. The monoisotopic (exact) mass is 181 g/mol. The molecule has 4 atom stereocenters. The van der Waals surface area contributed by atoms with Crippen LogP contribution in [-0.4, -0.2) is 24.0 Å². The van der Waals surface area contributed by atoms with Crippen molar-refractivity contribution in [1.82, 2.24) is 4.90 Å². The molecule has 0 aromatic heterocycles. The summed E-state index contributed by atoms with van der Waals surface area (Å²) in [5.74, 6) is 1.98. The molecule has 0 aliphatic carbocycles. The highest BCUT2D eigenvalue weighted by Gasteiger charge is 2.45. The van der Waals surface area contributed by atoms with Gasteiger partial charge in [-0.1, -0.05) is 26.7 Å². The van der Waals surface area contributed by atoms with E-state index in [1.807, 2.05) is 0 Å². The summed E-state index contributed by atoms with van der Waals surface area (Å²) in [6, 6.07) is 1.88. The van der Waals surface area contributed by atoms with Crippen molar-refractivity contribution in [1.29, 1.82) is 0 Å². The van der Waals surface area contributed by atoms with E-state index in [2.05, 4.69) is 25.8 Å². The molecule has 0 spiro atoms. The van der Waals surface area contributed by atoms with Crippen molar-refractivity contribution in [3.63, 3.8) is 0 Å². The predicted octanol–water partition coefficient (Wildman–Crippen LogP) is 2.91. The minimum Gasteiger partial charge on any atom is -0.300 e. The third-order valence-electron chi connectivity index (χ3n) is 4.41. The molecule has 0 aromatic carbocycles. The molecule has 0 saturated carbocycles. The Balaban J connectivity index is 1.96. The molecule has 1 nitrogen and oxygen atoms in total. The maximum absolute atomic E-state index is 2.65. The highest BCUT2D eigenvalue weighted by atomic mass is 15.2. The first-order chi connectivity index (χ1) is 6.24. The molecule has 1 heteroatoms. The summed E-state index contributed by atoms with van der Waals surface area (Å²) in [6.45, 7) is 4.77. The molecular weight excluding hydrogens is 158 g/mol. The largest absolute Gasteiger partial charge is 0.300 e. The van der Waals surface area contributed by atoms with Crippen molar-refractivity contribution < 1.29 is 0 Å². The third-order valence-corrected chi connectivity index (χ3v) is 4.41. The average molecular weight is 181 g/mol. The summed E-state index contributed by atoms with van der Waals surface area (Å²) in [7, 11) is 2.33. The SMILES string of the molecule is CCCC(C)C1CC2CCC1N2C. The van der Waals surface area contributed by atoms with Crippen LogP contribution in [0.1, 0.15) is 46.0 Å². The quantitative estimate of drug-likeness (QED) is 0.647. The Bertz CT molecular complexity index is 178. The minimum absolute atomic E-state index is 0.937. The van der Waals surface area contributed by atoms with Crippen LogP contribution in [0, 0.1) is 11.8 Å². The Labute approximate surface area is 82.5 Å². The fraction of sp³-hybridized carbons (Fsp3) is 1.00. The Morgan fingerprint density at radius 3 is 2.62 bits per heavy atom. The summed E-state index contributed by atoms with van der Waals surface area (Å²) in [6.07, 6.45) is 7.22. The highest BCUT2D eigenvalue weighted by Crippen LogP contribution is 2.44. The van der Waals surface area contributed by atoms with Gasteiger partial charge in [-0.15, -0.1) is 0 Å². The van der Waals surface area contributed by atoms with Gasteiger partial charge in [0, 0.05) is 12.1 Å². The van der Waals surface area contributed by atoms with Crippen molar-refractivity contribution in [2.75, 3.05) is 7.05 Å². The molecular formula is C12H23N. The first kappa shape index (κ1) is 9.51. The topological polar surface area (TPSA) is 3.24 Å². The van der Waals surface area contributed by atoms with Gasteiger partial charge in [-0.3, -0.25) is 0 Å². The maximum Gasteiger partial charge on any atom is 0.0127 e. The first-order valence-corrected chi connectivity index (χ1v) is 5.96. The summed E-state index contributed by atoms with van der Waals surface area (Å²) in [4.78, 5) is 2.65. The molecule has 2 aliphatic rings. The van der Waals surface area contributed by atoms with Gasteiger partial charge in [0.1, 0.15) is 0 Å². The lowest BCUT2D eigenvalue weighted by atomic mass is 9.79. The van der Waals surface area contributed by atoms with Gasteiger partial charge in [0.05, 0.1) is 0 Å². The Hall–Kier alpha value is -0.0400. The van der Waals surface area contributed by atoms with E-state index in [9.17, 15) is 0 Å². The van der Waals surface area contributed by atoms with Crippen LogP contribution in [0.3, 0.4) is 0 Å². The summed E-state index contributed by atoms with van der Waals surface area (Å²) >= 11 is 0. The van der Waals surface area contributed by atoms with Crippen molar-refractivity contribution >= 4 is 0 Å². The Kier molecular flexibility index (Phi) is 2.64. The maximum atomic E-state index is 2.65. The molecule has 2 bridgehead atoms. The highest BCUT2D eigenvalue weighted by molar-refractivity contribution is 4.99. The lowest BCUT2D eigenvalue weighted by Gasteiger charge is -2.27. The van der Waals surface area contributed by atoms with Crippen LogP contribution in [0.4, 0.5) is 0 Å².